The maximum Gasteiger partial charge on any atom is 0.295 e. The zero-order chi connectivity index (χ0) is 24.4. The number of likely N-dealkylation sites (tertiary alicyclic amines) is 1. The van der Waals surface area contributed by atoms with Gasteiger partial charge in [-0.3, -0.25) is 14.6 Å². The number of aromatic nitrogens is 1. The van der Waals surface area contributed by atoms with E-state index in [0.717, 1.165) is 16.7 Å². The molecule has 3 aromatic rings. The Hall–Kier alpha value is -4.13. The van der Waals surface area contributed by atoms with Crippen molar-refractivity contribution in [3.63, 3.8) is 0 Å². The van der Waals surface area contributed by atoms with Crippen molar-refractivity contribution in [1.82, 2.24) is 9.88 Å². The number of methoxy groups -OCH3 is 2. The highest BCUT2D eigenvalue weighted by Gasteiger charge is 2.46. The van der Waals surface area contributed by atoms with Gasteiger partial charge in [-0.25, -0.2) is 0 Å². The fourth-order valence-electron chi connectivity index (χ4n) is 4.43. The minimum absolute atomic E-state index is 0.00982. The number of aryl methyl sites for hydroxylation is 2. The summed E-state index contributed by atoms with van der Waals surface area (Å²) in [6, 6.07) is 13.6. The predicted octanol–water partition coefficient (Wildman–Crippen LogP) is 4.34. The Labute approximate surface area is 198 Å². The second-order valence-electron chi connectivity index (χ2n) is 8.22. The molecule has 2 aromatic carbocycles. The zero-order valence-electron chi connectivity index (χ0n) is 19.5. The van der Waals surface area contributed by atoms with E-state index in [4.69, 9.17) is 9.47 Å². The van der Waals surface area contributed by atoms with Crippen LogP contribution in [0.15, 0.2) is 66.5 Å². The normalized spacial score (nSPS) is 17.2. The van der Waals surface area contributed by atoms with Crippen molar-refractivity contribution in [3.05, 3.63) is 94.3 Å². The van der Waals surface area contributed by atoms with E-state index in [9.17, 15) is 14.7 Å². The molecule has 2 heterocycles. The lowest BCUT2D eigenvalue weighted by Gasteiger charge is -2.26. The standard InChI is InChI=1S/C27H26N2O5/c1-16-12-17(2)26(34-4)21(13-16)24(30)22-23(19-6-5-7-20(14-19)33-3)29(27(32)25(22)31)15-18-8-10-28-11-9-18/h5-14,23,30H,15H2,1-4H3/b24-22+. The van der Waals surface area contributed by atoms with Crippen molar-refractivity contribution in [2.24, 2.45) is 0 Å². The number of carbonyl (C=O) groups excluding carboxylic acids is 2. The van der Waals surface area contributed by atoms with Crippen LogP contribution in [0.3, 0.4) is 0 Å². The van der Waals surface area contributed by atoms with Gasteiger partial charge in [0.15, 0.2) is 0 Å². The first kappa shape index (κ1) is 23.0. The zero-order valence-corrected chi connectivity index (χ0v) is 19.5. The topological polar surface area (TPSA) is 89.0 Å². The number of ketones is 1. The number of nitrogens with zero attached hydrogens (tertiary/aromatic N) is 2. The second-order valence-corrected chi connectivity index (χ2v) is 8.22. The van der Waals surface area contributed by atoms with E-state index in [1.54, 1.807) is 55.9 Å². The molecule has 1 aliphatic rings. The van der Waals surface area contributed by atoms with Gasteiger partial charge in [-0.15, -0.1) is 0 Å². The van der Waals surface area contributed by atoms with Gasteiger partial charge in [0.1, 0.15) is 17.3 Å². The summed E-state index contributed by atoms with van der Waals surface area (Å²) in [5.41, 5.74) is 3.55. The predicted molar refractivity (Wildman–Crippen MR) is 128 cm³/mol. The van der Waals surface area contributed by atoms with Crippen LogP contribution in [0.4, 0.5) is 0 Å². The van der Waals surface area contributed by atoms with E-state index in [2.05, 4.69) is 4.98 Å². The van der Waals surface area contributed by atoms with E-state index >= 15 is 0 Å². The molecule has 34 heavy (non-hydrogen) atoms. The summed E-state index contributed by atoms with van der Waals surface area (Å²) in [7, 11) is 3.06. The third kappa shape index (κ3) is 4.12. The quantitative estimate of drug-likeness (QED) is 0.336. The first-order valence-electron chi connectivity index (χ1n) is 10.8. The molecule has 1 unspecified atom stereocenters. The van der Waals surface area contributed by atoms with Gasteiger partial charge >= 0.3 is 0 Å². The number of aliphatic hydroxyl groups is 1. The van der Waals surface area contributed by atoms with Crippen molar-refractivity contribution < 1.29 is 24.2 Å². The minimum Gasteiger partial charge on any atom is -0.507 e. The maximum atomic E-state index is 13.3. The van der Waals surface area contributed by atoms with Gasteiger partial charge in [0.05, 0.1) is 31.4 Å². The largest absolute Gasteiger partial charge is 0.507 e. The van der Waals surface area contributed by atoms with Crippen LogP contribution in [0.25, 0.3) is 5.76 Å². The number of rotatable bonds is 6. The van der Waals surface area contributed by atoms with E-state index in [1.807, 2.05) is 26.0 Å². The van der Waals surface area contributed by atoms with Crippen molar-refractivity contribution in [2.45, 2.75) is 26.4 Å². The molecule has 7 nitrogen and oxygen atoms in total. The average molecular weight is 459 g/mol. The summed E-state index contributed by atoms with van der Waals surface area (Å²) < 4.78 is 10.9. The SMILES string of the molecule is COc1cccc(C2/C(=C(\O)c3cc(C)cc(C)c3OC)C(=O)C(=O)N2Cc2ccncc2)c1. The van der Waals surface area contributed by atoms with Gasteiger partial charge in [-0.05, 0) is 66.4 Å². The van der Waals surface area contributed by atoms with Crippen molar-refractivity contribution in [2.75, 3.05) is 14.2 Å². The molecule has 0 radical (unpaired) electrons. The van der Waals surface area contributed by atoms with Crippen LogP contribution < -0.4 is 9.47 Å². The highest BCUT2D eigenvalue weighted by Crippen LogP contribution is 2.43. The van der Waals surface area contributed by atoms with Gasteiger partial charge < -0.3 is 19.5 Å². The lowest BCUT2D eigenvalue weighted by atomic mass is 9.93. The Balaban J connectivity index is 1.94. The van der Waals surface area contributed by atoms with E-state index < -0.39 is 17.7 Å². The minimum atomic E-state index is -0.811. The number of hydrogen-bond acceptors (Lipinski definition) is 6. The molecule has 0 bridgehead atoms. The Morgan fingerprint density at radius 2 is 1.76 bits per heavy atom. The molecular formula is C27H26N2O5. The van der Waals surface area contributed by atoms with Crippen molar-refractivity contribution >= 4 is 17.4 Å². The number of ether oxygens (including phenoxy) is 2. The Bertz CT molecular complexity index is 1280. The molecule has 7 heteroatoms. The second kappa shape index (κ2) is 9.39. The molecule has 1 fully saturated rings. The summed E-state index contributed by atoms with van der Waals surface area (Å²) in [5, 5.41) is 11.5. The average Bonchev–Trinajstić information content (AvgIpc) is 3.08. The van der Waals surface area contributed by atoms with Gasteiger partial charge in [0, 0.05) is 18.9 Å². The Morgan fingerprint density at radius 1 is 1.03 bits per heavy atom. The molecule has 1 amide bonds. The lowest BCUT2D eigenvalue weighted by Crippen LogP contribution is -2.29. The molecule has 0 spiro atoms. The van der Waals surface area contributed by atoms with Crippen LogP contribution >= 0.6 is 0 Å². The third-order valence-electron chi connectivity index (χ3n) is 5.93. The maximum absolute atomic E-state index is 13.3. The number of aliphatic hydroxyl groups excluding tert-OH is 1. The molecule has 1 aromatic heterocycles. The fraction of sp³-hybridized carbons (Fsp3) is 0.222. The summed E-state index contributed by atoms with van der Waals surface area (Å²) in [5.74, 6) is -0.675. The Morgan fingerprint density at radius 3 is 2.44 bits per heavy atom. The summed E-state index contributed by atoms with van der Waals surface area (Å²) in [6.45, 7) is 3.94. The van der Waals surface area contributed by atoms with Crippen LogP contribution in [0.2, 0.25) is 0 Å². The van der Waals surface area contributed by atoms with Crippen LogP contribution in [0.1, 0.15) is 33.9 Å². The molecule has 1 N–H and O–H groups in total. The number of amides is 1. The van der Waals surface area contributed by atoms with Crippen LogP contribution in [-0.4, -0.2) is 40.9 Å². The number of benzene rings is 2. The third-order valence-corrected chi connectivity index (χ3v) is 5.93. The van der Waals surface area contributed by atoms with Crippen LogP contribution in [0.5, 0.6) is 11.5 Å². The number of Topliss-reactive ketones (excluding diaryl/α,β-unsaturated/α-hetero) is 1. The highest BCUT2D eigenvalue weighted by molar-refractivity contribution is 6.46. The van der Waals surface area contributed by atoms with Gasteiger partial charge in [0.2, 0.25) is 0 Å². The van der Waals surface area contributed by atoms with Crippen LogP contribution in [-0.2, 0) is 16.1 Å². The molecule has 1 saturated heterocycles. The highest BCUT2D eigenvalue weighted by atomic mass is 16.5. The van der Waals surface area contributed by atoms with Gasteiger partial charge in [-0.1, -0.05) is 18.2 Å². The monoisotopic (exact) mass is 458 g/mol. The smallest absolute Gasteiger partial charge is 0.295 e. The molecule has 0 saturated carbocycles. The molecule has 1 atom stereocenters. The molecular weight excluding hydrogens is 432 g/mol. The number of pyridine rings is 1. The number of hydrogen-bond donors (Lipinski definition) is 1. The number of carbonyl (C=O) groups is 2. The van der Waals surface area contributed by atoms with Crippen LogP contribution in [0, 0.1) is 13.8 Å². The lowest BCUT2D eigenvalue weighted by molar-refractivity contribution is -0.140. The molecule has 0 aliphatic carbocycles. The first-order chi connectivity index (χ1) is 16.3. The van der Waals surface area contributed by atoms with Crippen molar-refractivity contribution in [3.8, 4) is 11.5 Å². The van der Waals surface area contributed by atoms with E-state index in [0.29, 0.717) is 22.6 Å². The molecule has 4 rings (SSSR count). The van der Waals surface area contributed by atoms with Gasteiger partial charge in [0.25, 0.3) is 11.7 Å². The molecule has 174 valence electrons. The van der Waals surface area contributed by atoms with Gasteiger partial charge in [-0.2, -0.15) is 0 Å². The van der Waals surface area contributed by atoms with E-state index in [1.165, 1.54) is 12.0 Å². The van der Waals surface area contributed by atoms with E-state index in [-0.39, 0.29) is 17.9 Å². The summed E-state index contributed by atoms with van der Waals surface area (Å²) in [6.07, 6.45) is 3.26. The van der Waals surface area contributed by atoms with Crippen molar-refractivity contribution in [1.29, 1.82) is 0 Å². The molecule has 1 aliphatic heterocycles. The summed E-state index contributed by atoms with van der Waals surface area (Å²) >= 11 is 0. The summed E-state index contributed by atoms with van der Waals surface area (Å²) in [4.78, 5) is 32.1. The first-order valence-corrected chi connectivity index (χ1v) is 10.8. The fourth-order valence-corrected chi connectivity index (χ4v) is 4.43. The Kier molecular flexibility index (Phi) is 6.36.